The number of nitriles is 1. The van der Waals surface area contributed by atoms with Gasteiger partial charge in [0, 0.05) is 38.6 Å². The normalized spacial score (nSPS) is 14.2. The molecule has 0 atom stereocenters. The first-order valence-corrected chi connectivity index (χ1v) is 9.08. The van der Waals surface area contributed by atoms with Crippen molar-refractivity contribution in [2.75, 3.05) is 31.1 Å². The zero-order valence-corrected chi connectivity index (χ0v) is 16.0. The van der Waals surface area contributed by atoms with Crippen molar-refractivity contribution in [3.63, 3.8) is 0 Å². The third-order valence-corrected chi connectivity index (χ3v) is 4.44. The monoisotopic (exact) mass is 385 g/mol. The van der Waals surface area contributed by atoms with Gasteiger partial charge in [0.2, 0.25) is 5.88 Å². The van der Waals surface area contributed by atoms with Crippen LogP contribution < -0.4 is 9.64 Å². The average molecular weight is 386 g/mol. The van der Waals surface area contributed by atoms with Crippen LogP contribution in [-0.4, -0.2) is 53.1 Å². The lowest BCUT2D eigenvalue weighted by Crippen LogP contribution is -2.49. The molecule has 27 heavy (non-hydrogen) atoms. The van der Waals surface area contributed by atoms with Gasteiger partial charge < -0.3 is 14.5 Å². The summed E-state index contributed by atoms with van der Waals surface area (Å²) in [6.07, 6.45) is 3.08. The summed E-state index contributed by atoms with van der Waals surface area (Å²) in [5.41, 5.74) is 1.01. The van der Waals surface area contributed by atoms with Gasteiger partial charge in [-0.2, -0.15) is 5.26 Å². The maximum Gasteiger partial charge on any atom is 0.255 e. The number of hydrogen-bond acceptors (Lipinski definition) is 6. The predicted octanol–water partition coefficient (Wildman–Crippen LogP) is 2.75. The molecule has 3 rings (SSSR count). The Morgan fingerprint density at radius 2 is 2.00 bits per heavy atom. The second kappa shape index (κ2) is 8.23. The number of halogens is 1. The zero-order valence-electron chi connectivity index (χ0n) is 15.2. The number of rotatable bonds is 4. The van der Waals surface area contributed by atoms with Crippen molar-refractivity contribution in [1.82, 2.24) is 14.9 Å². The summed E-state index contributed by atoms with van der Waals surface area (Å²) in [6.45, 7) is 6.17. The van der Waals surface area contributed by atoms with Gasteiger partial charge >= 0.3 is 0 Å². The van der Waals surface area contributed by atoms with Crippen molar-refractivity contribution in [2.24, 2.45) is 0 Å². The van der Waals surface area contributed by atoms with Crippen LogP contribution >= 0.6 is 11.6 Å². The van der Waals surface area contributed by atoms with E-state index in [1.165, 1.54) is 6.20 Å². The molecule has 0 radical (unpaired) electrons. The first-order valence-electron chi connectivity index (χ1n) is 8.70. The van der Waals surface area contributed by atoms with Gasteiger partial charge in [0.25, 0.3) is 5.91 Å². The fraction of sp³-hybridized carbons (Fsp3) is 0.368. The van der Waals surface area contributed by atoms with Crippen molar-refractivity contribution in [2.45, 2.75) is 20.0 Å². The van der Waals surface area contributed by atoms with Crippen LogP contribution in [0.2, 0.25) is 5.02 Å². The lowest BCUT2D eigenvalue weighted by Gasteiger charge is -2.35. The van der Waals surface area contributed by atoms with Crippen LogP contribution in [0.1, 0.15) is 29.8 Å². The molecular weight excluding hydrogens is 366 g/mol. The second-order valence-electron chi connectivity index (χ2n) is 6.47. The van der Waals surface area contributed by atoms with Gasteiger partial charge in [-0.3, -0.25) is 4.79 Å². The molecule has 0 N–H and O–H groups in total. The van der Waals surface area contributed by atoms with Gasteiger partial charge in [0.15, 0.2) is 0 Å². The molecule has 0 saturated carbocycles. The van der Waals surface area contributed by atoms with E-state index in [2.05, 4.69) is 20.9 Å². The number of pyridine rings is 2. The van der Waals surface area contributed by atoms with E-state index in [0.29, 0.717) is 48.2 Å². The molecule has 0 aliphatic carbocycles. The Kier molecular flexibility index (Phi) is 5.77. The van der Waals surface area contributed by atoms with Crippen molar-refractivity contribution in [3.8, 4) is 11.9 Å². The molecule has 0 aromatic carbocycles. The SMILES string of the molecule is CC(C)Oc1ncc(C(=O)N2CCN(c3cc(C#N)ccn3)CC2)cc1Cl. The van der Waals surface area contributed by atoms with E-state index in [9.17, 15) is 4.79 Å². The Bertz CT molecular complexity index is 873. The number of hydrogen-bond donors (Lipinski definition) is 0. The fourth-order valence-electron chi connectivity index (χ4n) is 2.83. The number of anilines is 1. The molecule has 7 nitrogen and oxygen atoms in total. The highest BCUT2D eigenvalue weighted by Crippen LogP contribution is 2.24. The Morgan fingerprint density at radius 3 is 2.63 bits per heavy atom. The molecular formula is C19H20ClN5O2. The van der Waals surface area contributed by atoms with E-state index >= 15 is 0 Å². The largest absolute Gasteiger partial charge is 0.474 e. The minimum absolute atomic E-state index is 0.0437. The Labute approximate surface area is 163 Å². The van der Waals surface area contributed by atoms with E-state index in [4.69, 9.17) is 21.6 Å². The van der Waals surface area contributed by atoms with Crippen LogP contribution in [0.25, 0.3) is 0 Å². The van der Waals surface area contributed by atoms with Gasteiger partial charge in [-0.1, -0.05) is 11.6 Å². The first-order chi connectivity index (χ1) is 13.0. The van der Waals surface area contributed by atoms with Crippen LogP contribution in [0, 0.1) is 11.3 Å². The lowest BCUT2D eigenvalue weighted by molar-refractivity contribution is 0.0746. The number of piperazine rings is 1. The lowest BCUT2D eigenvalue weighted by atomic mass is 10.2. The molecule has 0 unspecified atom stereocenters. The molecule has 1 aliphatic rings. The summed E-state index contributed by atoms with van der Waals surface area (Å²) in [7, 11) is 0. The van der Waals surface area contributed by atoms with Crippen molar-refractivity contribution in [3.05, 3.63) is 46.7 Å². The highest BCUT2D eigenvalue weighted by molar-refractivity contribution is 6.32. The van der Waals surface area contributed by atoms with E-state index in [0.717, 1.165) is 5.82 Å². The van der Waals surface area contributed by atoms with Crippen LogP contribution in [0.5, 0.6) is 5.88 Å². The summed E-state index contributed by atoms with van der Waals surface area (Å²) in [5.74, 6) is 0.969. The van der Waals surface area contributed by atoms with E-state index in [-0.39, 0.29) is 12.0 Å². The quantitative estimate of drug-likeness (QED) is 0.804. The van der Waals surface area contributed by atoms with E-state index in [1.54, 1.807) is 29.3 Å². The zero-order chi connectivity index (χ0) is 19.4. The third kappa shape index (κ3) is 4.47. The average Bonchev–Trinajstić information content (AvgIpc) is 2.69. The smallest absolute Gasteiger partial charge is 0.255 e. The van der Waals surface area contributed by atoms with Gasteiger partial charge in [-0.15, -0.1) is 0 Å². The van der Waals surface area contributed by atoms with Gasteiger partial charge in [0.05, 0.1) is 23.3 Å². The molecule has 140 valence electrons. The van der Waals surface area contributed by atoms with Gasteiger partial charge in [-0.05, 0) is 32.0 Å². The molecule has 1 aliphatic heterocycles. The maximum atomic E-state index is 12.7. The van der Waals surface area contributed by atoms with Crippen LogP contribution in [0.3, 0.4) is 0 Å². The van der Waals surface area contributed by atoms with Crippen molar-refractivity contribution >= 4 is 23.3 Å². The topological polar surface area (TPSA) is 82.4 Å². The Balaban J connectivity index is 1.64. The maximum absolute atomic E-state index is 12.7. The number of aromatic nitrogens is 2. The summed E-state index contributed by atoms with van der Waals surface area (Å²) in [5, 5.41) is 9.34. The van der Waals surface area contributed by atoms with Crippen LogP contribution in [-0.2, 0) is 0 Å². The molecule has 1 fully saturated rings. The Hall–Kier alpha value is -2.85. The highest BCUT2D eigenvalue weighted by atomic mass is 35.5. The number of carbonyl (C=O) groups is 1. The molecule has 8 heteroatoms. The predicted molar refractivity (Wildman–Crippen MR) is 102 cm³/mol. The molecule has 1 amide bonds. The number of carbonyl (C=O) groups excluding carboxylic acids is 1. The number of ether oxygens (including phenoxy) is 1. The van der Waals surface area contributed by atoms with Gasteiger partial charge in [0.1, 0.15) is 10.8 Å². The molecule has 2 aromatic heterocycles. The summed E-state index contributed by atoms with van der Waals surface area (Å²) in [4.78, 5) is 25.0. The van der Waals surface area contributed by atoms with Crippen molar-refractivity contribution < 1.29 is 9.53 Å². The number of nitrogens with zero attached hydrogens (tertiary/aromatic N) is 5. The van der Waals surface area contributed by atoms with Crippen LogP contribution in [0.15, 0.2) is 30.6 Å². The Morgan fingerprint density at radius 1 is 1.26 bits per heavy atom. The van der Waals surface area contributed by atoms with E-state index < -0.39 is 0 Å². The van der Waals surface area contributed by atoms with E-state index in [1.807, 2.05) is 13.8 Å². The highest BCUT2D eigenvalue weighted by Gasteiger charge is 2.24. The first kappa shape index (κ1) is 18.9. The van der Waals surface area contributed by atoms with Gasteiger partial charge in [-0.25, -0.2) is 9.97 Å². The van der Waals surface area contributed by atoms with Crippen LogP contribution in [0.4, 0.5) is 5.82 Å². The molecule has 1 saturated heterocycles. The minimum Gasteiger partial charge on any atom is -0.474 e. The standard InChI is InChI=1S/C19H20ClN5O2/c1-13(2)27-18-16(20)10-15(12-23-18)19(26)25-7-5-24(6-8-25)17-9-14(11-21)3-4-22-17/h3-4,9-10,12-13H,5-8H2,1-2H3. The second-order valence-corrected chi connectivity index (χ2v) is 6.88. The minimum atomic E-state index is -0.112. The summed E-state index contributed by atoms with van der Waals surface area (Å²) in [6, 6.07) is 7.14. The molecule has 0 bridgehead atoms. The molecule has 0 spiro atoms. The summed E-state index contributed by atoms with van der Waals surface area (Å²) >= 11 is 6.19. The summed E-state index contributed by atoms with van der Waals surface area (Å²) < 4.78 is 5.50. The third-order valence-electron chi connectivity index (χ3n) is 4.17. The molecule has 2 aromatic rings. The fourth-order valence-corrected chi connectivity index (χ4v) is 3.05. The molecule has 3 heterocycles. The van der Waals surface area contributed by atoms with Crippen molar-refractivity contribution in [1.29, 1.82) is 5.26 Å². The number of amides is 1.